The number of carbonyl (C=O) groups excluding carboxylic acids is 1. The van der Waals surface area contributed by atoms with Crippen LogP contribution in [-0.2, 0) is 16.3 Å². The van der Waals surface area contributed by atoms with E-state index in [9.17, 15) is 22.4 Å². The lowest BCUT2D eigenvalue weighted by Crippen LogP contribution is -2.49. The Hall–Kier alpha value is -4.63. The zero-order valence-corrected chi connectivity index (χ0v) is 23.4. The molecule has 1 aliphatic heterocycles. The lowest BCUT2D eigenvalue weighted by atomic mass is 10.00. The van der Waals surface area contributed by atoms with Gasteiger partial charge in [0.1, 0.15) is 17.7 Å². The third-order valence-corrected chi connectivity index (χ3v) is 10.3. The monoisotopic (exact) mass is 586 g/mol. The summed E-state index contributed by atoms with van der Waals surface area (Å²) < 4.78 is 41.0. The molecule has 0 atom stereocenters. The molecule has 2 aromatic carbocycles. The minimum atomic E-state index is -3.52. The van der Waals surface area contributed by atoms with Crippen LogP contribution in [0.4, 0.5) is 10.2 Å². The van der Waals surface area contributed by atoms with E-state index in [0.717, 1.165) is 6.42 Å². The molecule has 214 valence electrons. The van der Waals surface area contributed by atoms with E-state index >= 15 is 0 Å². The second-order valence-electron chi connectivity index (χ2n) is 10.6. The number of sulfone groups is 1. The summed E-state index contributed by atoms with van der Waals surface area (Å²) in [5, 5.41) is 15.9. The highest BCUT2D eigenvalue weighted by Crippen LogP contribution is 2.32. The Kier molecular flexibility index (Phi) is 7.20. The highest BCUT2D eigenvalue weighted by Gasteiger charge is 2.33. The summed E-state index contributed by atoms with van der Waals surface area (Å²) in [6.45, 7) is 1.75. The van der Waals surface area contributed by atoms with Gasteiger partial charge in [-0.2, -0.15) is 10.4 Å². The number of amides is 1. The number of anilines is 1. The molecular weight excluding hydrogens is 559 g/mol. The Morgan fingerprint density at radius 1 is 1.05 bits per heavy atom. The van der Waals surface area contributed by atoms with Crippen molar-refractivity contribution in [2.45, 2.75) is 35.8 Å². The molecule has 0 spiro atoms. The van der Waals surface area contributed by atoms with E-state index in [2.05, 4.69) is 15.2 Å². The molecule has 42 heavy (non-hydrogen) atoms. The van der Waals surface area contributed by atoms with Crippen LogP contribution in [0.2, 0.25) is 0 Å². The third-order valence-electron chi connectivity index (χ3n) is 8.06. The first kappa shape index (κ1) is 27.5. The number of rotatable bonds is 6. The SMILES string of the molecule is N#Cc1ccc(N2CCN(C(=O)c3cc(Cc4n[nH]c(=O)c5ccc(S(=O)(=O)C6CCC6)cc45)ccc3F)CC2)nc1. The maximum atomic E-state index is 14.9. The van der Waals surface area contributed by atoms with Gasteiger partial charge in [-0.3, -0.25) is 9.59 Å². The van der Waals surface area contributed by atoms with Crippen LogP contribution in [0.1, 0.15) is 46.4 Å². The molecule has 10 nitrogen and oxygen atoms in total. The van der Waals surface area contributed by atoms with Crippen LogP contribution in [0.5, 0.6) is 0 Å². The molecule has 2 fully saturated rings. The maximum Gasteiger partial charge on any atom is 0.272 e. The van der Waals surface area contributed by atoms with E-state index < -0.39 is 32.4 Å². The van der Waals surface area contributed by atoms with Gasteiger partial charge in [0.15, 0.2) is 9.84 Å². The van der Waals surface area contributed by atoms with Gasteiger partial charge in [0.25, 0.3) is 11.5 Å². The van der Waals surface area contributed by atoms with Gasteiger partial charge in [-0.15, -0.1) is 0 Å². The second-order valence-corrected chi connectivity index (χ2v) is 12.8. The number of aromatic amines is 1. The zero-order valence-electron chi connectivity index (χ0n) is 22.6. The number of carbonyl (C=O) groups is 1. The smallest absolute Gasteiger partial charge is 0.272 e. The molecule has 6 rings (SSSR count). The van der Waals surface area contributed by atoms with Gasteiger partial charge < -0.3 is 9.80 Å². The van der Waals surface area contributed by atoms with E-state index in [1.165, 1.54) is 36.5 Å². The van der Waals surface area contributed by atoms with Crippen molar-refractivity contribution in [3.05, 3.63) is 93.3 Å². The summed E-state index contributed by atoms with van der Waals surface area (Å²) >= 11 is 0. The Labute approximate surface area is 241 Å². The normalized spacial score (nSPS) is 15.8. The largest absolute Gasteiger partial charge is 0.353 e. The molecule has 0 radical (unpaired) electrons. The average Bonchev–Trinajstić information content (AvgIpc) is 2.98. The van der Waals surface area contributed by atoms with E-state index in [1.54, 1.807) is 23.1 Å². The number of halogens is 1. The summed E-state index contributed by atoms with van der Waals surface area (Å²) in [5.74, 6) is -0.374. The summed E-state index contributed by atoms with van der Waals surface area (Å²) in [7, 11) is -3.52. The number of hydrogen-bond donors (Lipinski definition) is 1. The number of hydrogen-bond acceptors (Lipinski definition) is 8. The highest BCUT2D eigenvalue weighted by atomic mass is 32.2. The fourth-order valence-electron chi connectivity index (χ4n) is 5.37. The van der Waals surface area contributed by atoms with Crippen molar-refractivity contribution in [1.82, 2.24) is 20.1 Å². The number of nitriles is 1. The minimum absolute atomic E-state index is 0.0700. The first-order valence-electron chi connectivity index (χ1n) is 13.7. The van der Waals surface area contributed by atoms with Crippen LogP contribution in [0, 0.1) is 17.1 Å². The molecule has 0 unspecified atom stereocenters. The summed E-state index contributed by atoms with van der Waals surface area (Å²) in [6.07, 6.45) is 3.77. The number of nitrogens with zero attached hydrogens (tertiary/aromatic N) is 5. The van der Waals surface area contributed by atoms with Crippen molar-refractivity contribution in [2.75, 3.05) is 31.1 Å². The first-order chi connectivity index (χ1) is 20.2. The number of piperazine rings is 1. The molecule has 0 bridgehead atoms. The van der Waals surface area contributed by atoms with Crippen LogP contribution in [0.3, 0.4) is 0 Å². The zero-order chi connectivity index (χ0) is 29.4. The van der Waals surface area contributed by atoms with Crippen molar-refractivity contribution >= 4 is 32.3 Å². The van der Waals surface area contributed by atoms with Gasteiger partial charge >= 0.3 is 0 Å². The Bertz CT molecular complexity index is 1890. The van der Waals surface area contributed by atoms with Crippen LogP contribution in [0.25, 0.3) is 10.8 Å². The van der Waals surface area contributed by atoms with Gasteiger partial charge in [-0.05, 0) is 60.9 Å². The number of aromatic nitrogens is 3. The van der Waals surface area contributed by atoms with Gasteiger partial charge in [-0.25, -0.2) is 22.9 Å². The fourth-order valence-corrected chi connectivity index (χ4v) is 7.25. The minimum Gasteiger partial charge on any atom is -0.353 e. The van der Waals surface area contributed by atoms with E-state index in [1.807, 2.05) is 11.0 Å². The number of nitrogens with one attached hydrogen (secondary N) is 1. The molecule has 2 aromatic heterocycles. The number of pyridine rings is 1. The number of fused-ring (bicyclic) bond motifs is 1. The van der Waals surface area contributed by atoms with Crippen molar-refractivity contribution in [2.24, 2.45) is 0 Å². The summed E-state index contributed by atoms with van der Waals surface area (Å²) in [4.78, 5) is 33.9. The predicted molar refractivity (Wildman–Crippen MR) is 153 cm³/mol. The third kappa shape index (κ3) is 5.12. The van der Waals surface area contributed by atoms with Gasteiger partial charge in [0, 0.05) is 44.2 Å². The van der Waals surface area contributed by atoms with Crippen LogP contribution in [-0.4, -0.2) is 65.8 Å². The maximum absolute atomic E-state index is 14.9. The van der Waals surface area contributed by atoms with Crippen LogP contribution < -0.4 is 10.5 Å². The molecule has 1 aliphatic carbocycles. The van der Waals surface area contributed by atoms with Gasteiger partial charge in [-0.1, -0.05) is 12.5 Å². The Balaban J connectivity index is 1.23. The average molecular weight is 587 g/mol. The Morgan fingerprint density at radius 2 is 1.83 bits per heavy atom. The standard InChI is InChI=1S/C30H27FN6O4S/c31-26-8-4-19(14-25(26)30(39)37-12-10-36(11-13-37)28-9-5-20(17-32)18-33-28)15-27-24-16-22(42(40,41)21-2-1-3-21)6-7-23(24)29(38)35-34-27/h4-9,14,16,18,21H,1-3,10-13,15H2,(H,35,38). The lowest BCUT2D eigenvalue weighted by molar-refractivity contribution is 0.0741. The fraction of sp³-hybridized carbons (Fsp3) is 0.300. The summed E-state index contributed by atoms with van der Waals surface area (Å²) in [5.41, 5.74) is 0.968. The molecule has 1 amide bonds. The topological polar surface area (TPSA) is 140 Å². The van der Waals surface area contributed by atoms with Gasteiger partial charge in [0.05, 0.1) is 32.4 Å². The second kappa shape index (κ2) is 11.0. The van der Waals surface area contributed by atoms with Crippen molar-refractivity contribution in [3.63, 3.8) is 0 Å². The molecule has 1 N–H and O–H groups in total. The molecule has 1 saturated heterocycles. The molecular formula is C30H27FN6O4S. The Morgan fingerprint density at radius 3 is 2.50 bits per heavy atom. The predicted octanol–water partition coefficient (Wildman–Crippen LogP) is 3.21. The van der Waals surface area contributed by atoms with Crippen molar-refractivity contribution in [1.29, 1.82) is 5.26 Å². The number of benzene rings is 2. The van der Waals surface area contributed by atoms with E-state index in [0.29, 0.717) is 72.4 Å². The molecule has 1 saturated carbocycles. The molecule has 3 heterocycles. The number of H-pyrrole nitrogens is 1. The van der Waals surface area contributed by atoms with Crippen molar-refractivity contribution < 1.29 is 17.6 Å². The highest BCUT2D eigenvalue weighted by molar-refractivity contribution is 7.92. The van der Waals surface area contributed by atoms with E-state index in [-0.39, 0.29) is 16.9 Å². The lowest BCUT2D eigenvalue weighted by Gasteiger charge is -2.35. The molecule has 2 aliphatic rings. The van der Waals surface area contributed by atoms with E-state index in [4.69, 9.17) is 5.26 Å². The van der Waals surface area contributed by atoms with Crippen LogP contribution in [0.15, 0.2) is 64.4 Å². The van der Waals surface area contributed by atoms with Crippen LogP contribution >= 0.6 is 0 Å². The first-order valence-corrected chi connectivity index (χ1v) is 15.2. The quantitative estimate of drug-likeness (QED) is 0.363. The molecule has 4 aromatic rings. The van der Waals surface area contributed by atoms with Gasteiger partial charge in [0.2, 0.25) is 0 Å². The van der Waals surface area contributed by atoms with Crippen molar-refractivity contribution in [3.8, 4) is 6.07 Å². The molecule has 12 heteroatoms. The summed E-state index contributed by atoms with van der Waals surface area (Å²) in [6, 6.07) is 14.2.